The molecule has 0 aliphatic carbocycles. The maximum absolute atomic E-state index is 6.15. The zero-order valence-corrected chi connectivity index (χ0v) is 13.9. The molecule has 0 bridgehead atoms. The minimum atomic E-state index is -0.115. The molecule has 0 spiro atoms. The first-order valence-electron chi connectivity index (χ1n) is 7.50. The summed E-state index contributed by atoms with van der Waals surface area (Å²) in [5.74, 6) is 1.01. The van der Waals surface area contributed by atoms with E-state index in [1.54, 1.807) is 11.3 Å². The molecule has 1 aromatic heterocycles. The SMILES string of the molecule is CCNC(C)c1cnc(-c2cccc3c2OC(C)(C)C3)s1. The third-order valence-electron chi connectivity index (χ3n) is 3.78. The second kappa shape index (κ2) is 5.43. The molecule has 0 radical (unpaired) electrons. The molecule has 3 nitrogen and oxygen atoms in total. The van der Waals surface area contributed by atoms with Crippen molar-refractivity contribution in [1.82, 2.24) is 10.3 Å². The van der Waals surface area contributed by atoms with E-state index < -0.39 is 0 Å². The molecule has 0 saturated carbocycles. The van der Waals surface area contributed by atoms with Gasteiger partial charge in [-0.25, -0.2) is 4.98 Å². The average Bonchev–Trinajstić information content (AvgIpc) is 3.00. The number of nitrogens with one attached hydrogen (secondary N) is 1. The fraction of sp³-hybridized carbons (Fsp3) is 0.471. The van der Waals surface area contributed by atoms with Crippen LogP contribution >= 0.6 is 11.3 Å². The van der Waals surface area contributed by atoms with E-state index in [0.717, 1.165) is 29.3 Å². The molecule has 1 atom stereocenters. The number of nitrogens with zero attached hydrogens (tertiary/aromatic N) is 1. The van der Waals surface area contributed by atoms with Gasteiger partial charge in [-0.05, 0) is 38.9 Å². The van der Waals surface area contributed by atoms with Gasteiger partial charge in [0.25, 0.3) is 0 Å². The lowest BCUT2D eigenvalue weighted by Crippen LogP contribution is -2.24. The monoisotopic (exact) mass is 302 g/mol. The Morgan fingerprint density at radius 1 is 1.43 bits per heavy atom. The van der Waals surface area contributed by atoms with Crippen molar-refractivity contribution >= 4 is 11.3 Å². The van der Waals surface area contributed by atoms with E-state index in [9.17, 15) is 0 Å². The van der Waals surface area contributed by atoms with Gasteiger partial charge in [-0.1, -0.05) is 19.1 Å². The Balaban J connectivity index is 1.95. The van der Waals surface area contributed by atoms with E-state index in [0.29, 0.717) is 6.04 Å². The highest BCUT2D eigenvalue weighted by Gasteiger charge is 2.32. The molecule has 1 unspecified atom stereocenters. The summed E-state index contributed by atoms with van der Waals surface area (Å²) < 4.78 is 6.15. The van der Waals surface area contributed by atoms with Gasteiger partial charge in [-0.2, -0.15) is 0 Å². The second-order valence-electron chi connectivity index (χ2n) is 6.18. The number of thiazole rings is 1. The number of hydrogen-bond acceptors (Lipinski definition) is 4. The lowest BCUT2D eigenvalue weighted by atomic mass is 10.0. The number of para-hydroxylation sites is 1. The largest absolute Gasteiger partial charge is 0.486 e. The van der Waals surface area contributed by atoms with Crippen molar-refractivity contribution in [3.63, 3.8) is 0 Å². The zero-order valence-electron chi connectivity index (χ0n) is 13.1. The number of fused-ring (bicyclic) bond motifs is 1. The Kier molecular flexibility index (Phi) is 3.76. The highest BCUT2D eigenvalue weighted by atomic mass is 32.1. The van der Waals surface area contributed by atoms with Crippen molar-refractivity contribution in [2.24, 2.45) is 0 Å². The first kappa shape index (κ1) is 14.5. The molecule has 2 heterocycles. The molecule has 0 fully saturated rings. The molecule has 3 rings (SSSR count). The van der Waals surface area contributed by atoms with Crippen LogP contribution in [0.15, 0.2) is 24.4 Å². The minimum Gasteiger partial charge on any atom is -0.486 e. The smallest absolute Gasteiger partial charge is 0.133 e. The van der Waals surface area contributed by atoms with Crippen LogP contribution in [0.3, 0.4) is 0 Å². The minimum absolute atomic E-state index is 0.115. The van der Waals surface area contributed by atoms with E-state index >= 15 is 0 Å². The van der Waals surface area contributed by atoms with Crippen LogP contribution in [0.25, 0.3) is 10.6 Å². The lowest BCUT2D eigenvalue weighted by molar-refractivity contribution is 0.139. The molecule has 4 heteroatoms. The molecule has 0 saturated heterocycles. The van der Waals surface area contributed by atoms with Gasteiger partial charge >= 0.3 is 0 Å². The van der Waals surface area contributed by atoms with Gasteiger partial charge in [0.1, 0.15) is 16.4 Å². The Bertz CT molecular complexity index is 648. The maximum atomic E-state index is 6.15. The van der Waals surface area contributed by atoms with Crippen LogP contribution in [0.1, 0.15) is 44.2 Å². The van der Waals surface area contributed by atoms with Crippen molar-refractivity contribution in [2.75, 3.05) is 6.54 Å². The lowest BCUT2D eigenvalue weighted by Gasteiger charge is -2.17. The second-order valence-corrected chi connectivity index (χ2v) is 7.24. The summed E-state index contributed by atoms with van der Waals surface area (Å²) in [5, 5.41) is 4.48. The number of aromatic nitrogens is 1. The summed E-state index contributed by atoms with van der Waals surface area (Å²) in [4.78, 5) is 5.88. The standard InChI is InChI=1S/C17H22N2OS/c1-5-18-11(2)14-10-19-16(21-14)13-8-6-7-12-9-17(3,4)20-15(12)13/h6-8,10-11,18H,5,9H2,1-4H3. The first-order valence-corrected chi connectivity index (χ1v) is 8.32. The third kappa shape index (κ3) is 2.83. The molecule has 0 amide bonds. The fourth-order valence-electron chi connectivity index (χ4n) is 2.80. The number of ether oxygens (including phenoxy) is 1. The molecule has 2 aromatic rings. The van der Waals surface area contributed by atoms with Crippen LogP contribution in [0.2, 0.25) is 0 Å². The number of benzene rings is 1. The van der Waals surface area contributed by atoms with E-state index in [-0.39, 0.29) is 5.60 Å². The van der Waals surface area contributed by atoms with Gasteiger partial charge < -0.3 is 10.1 Å². The van der Waals surface area contributed by atoms with E-state index in [4.69, 9.17) is 4.74 Å². The zero-order chi connectivity index (χ0) is 15.0. The average molecular weight is 302 g/mol. The highest BCUT2D eigenvalue weighted by Crippen LogP contribution is 2.43. The van der Waals surface area contributed by atoms with E-state index in [2.05, 4.69) is 56.2 Å². The van der Waals surface area contributed by atoms with Crippen molar-refractivity contribution in [1.29, 1.82) is 0 Å². The molecule has 1 aliphatic heterocycles. The number of hydrogen-bond donors (Lipinski definition) is 1. The van der Waals surface area contributed by atoms with Gasteiger partial charge in [0.05, 0.1) is 5.56 Å². The first-order chi connectivity index (χ1) is 10.00. The Morgan fingerprint density at radius 3 is 3.00 bits per heavy atom. The normalized spacial score (nSPS) is 17.3. The Hall–Kier alpha value is -1.39. The molecule has 1 N–H and O–H groups in total. The van der Waals surface area contributed by atoms with Crippen LogP contribution in [0.5, 0.6) is 5.75 Å². The van der Waals surface area contributed by atoms with Crippen LogP contribution in [0, 0.1) is 0 Å². The fourth-order valence-corrected chi connectivity index (χ4v) is 3.77. The van der Waals surface area contributed by atoms with Crippen molar-refractivity contribution < 1.29 is 4.74 Å². The van der Waals surface area contributed by atoms with E-state index in [1.807, 2.05) is 6.20 Å². The van der Waals surface area contributed by atoms with Gasteiger partial charge in [-0.15, -0.1) is 11.3 Å². The van der Waals surface area contributed by atoms with Crippen LogP contribution < -0.4 is 10.1 Å². The highest BCUT2D eigenvalue weighted by molar-refractivity contribution is 7.15. The third-order valence-corrected chi connectivity index (χ3v) is 5.00. The molecular weight excluding hydrogens is 280 g/mol. The summed E-state index contributed by atoms with van der Waals surface area (Å²) in [6, 6.07) is 6.72. The molecular formula is C17H22N2OS. The Morgan fingerprint density at radius 2 is 2.24 bits per heavy atom. The summed E-state index contributed by atoms with van der Waals surface area (Å²) in [6.07, 6.45) is 2.94. The molecule has 1 aliphatic rings. The van der Waals surface area contributed by atoms with Crippen LogP contribution in [-0.4, -0.2) is 17.1 Å². The summed E-state index contributed by atoms with van der Waals surface area (Å²) >= 11 is 1.75. The topological polar surface area (TPSA) is 34.2 Å². The Labute approximate surface area is 130 Å². The van der Waals surface area contributed by atoms with Crippen LogP contribution in [-0.2, 0) is 6.42 Å². The summed E-state index contributed by atoms with van der Waals surface area (Å²) in [5.41, 5.74) is 2.29. The molecule has 112 valence electrons. The van der Waals surface area contributed by atoms with Crippen molar-refractivity contribution in [2.45, 2.75) is 45.8 Å². The van der Waals surface area contributed by atoms with Gasteiger partial charge in [0.2, 0.25) is 0 Å². The quantitative estimate of drug-likeness (QED) is 0.919. The van der Waals surface area contributed by atoms with Gasteiger partial charge in [-0.3, -0.25) is 0 Å². The van der Waals surface area contributed by atoms with Crippen molar-refractivity contribution in [3.8, 4) is 16.3 Å². The molecule has 1 aromatic carbocycles. The predicted molar refractivity (Wildman–Crippen MR) is 88.1 cm³/mol. The predicted octanol–water partition coefficient (Wildman–Crippen LogP) is 4.19. The van der Waals surface area contributed by atoms with Crippen LogP contribution in [0.4, 0.5) is 0 Å². The van der Waals surface area contributed by atoms with E-state index in [1.165, 1.54) is 10.4 Å². The maximum Gasteiger partial charge on any atom is 0.133 e. The molecule has 21 heavy (non-hydrogen) atoms. The number of rotatable bonds is 4. The van der Waals surface area contributed by atoms with Crippen molar-refractivity contribution in [3.05, 3.63) is 34.8 Å². The van der Waals surface area contributed by atoms with Gasteiger partial charge in [0, 0.05) is 23.5 Å². The summed E-state index contributed by atoms with van der Waals surface area (Å²) in [7, 11) is 0. The van der Waals surface area contributed by atoms with Gasteiger partial charge in [0.15, 0.2) is 0 Å². The summed E-state index contributed by atoms with van der Waals surface area (Å²) in [6.45, 7) is 9.54.